The number of carbonyl (C=O) groups is 1. The molecule has 0 atom stereocenters. The summed E-state index contributed by atoms with van der Waals surface area (Å²) in [7, 11) is 0. The van der Waals surface area contributed by atoms with E-state index in [0.717, 1.165) is 24.2 Å². The first-order valence-corrected chi connectivity index (χ1v) is 7.43. The Labute approximate surface area is 125 Å². The first kappa shape index (κ1) is 13.9. The predicted octanol–water partition coefficient (Wildman–Crippen LogP) is 4.16. The highest BCUT2D eigenvalue weighted by Gasteiger charge is 2.21. The first-order valence-electron chi connectivity index (χ1n) is 7.43. The zero-order valence-electron chi connectivity index (χ0n) is 12.8. The van der Waals surface area contributed by atoms with Gasteiger partial charge >= 0.3 is 5.97 Å². The Morgan fingerprint density at radius 2 is 2.05 bits per heavy atom. The number of hydrogen-bond donors (Lipinski definition) is 0. The van der Waals surface area contributed by atoms with Gasteiger partial charge in [0.2, 0.25) is 0 Å². The number of fused-ring (bicyclic) bond motifs is 3. The van der Waals surface area contributed by atoms with Crippen molar-refractivity contribution in [2.75, 3.05) is 0 Å². The van der Waals surface area contributed by atoms with Crippen LogP contribution >= 0.6 is 0 Å². The molecule has 1 aliphatic heterocycles. The van der Waals surface area contributed by atoms with E-state index in [1.807, 2.05) is 26.8 Å². The second-order valence-electron chi connectivity index (χ2n) is 6.52. The van der Waals surface area contributed by atoms with Crippen LogP contribution in [0.2, 0.25) is 0 Å². The van der Waals surface area contributed by atoms with Crippen molar-refractivity contribution in [2.45, 2.75) is 45.8 Å². The Morgan fingerprint density at radius 3 is 2.81 bits per heavy atom. The standard InChI is InChI=1S/C18H21NO2/c1-18(2,3)21-17(20)12-14-8-6-10-19-15-9-5-4-7-13(15)11-16(14)19/h4-5,7-9,11H,6,10,12H2,1-3H3. The zero-order chi connectivity index (χ0) is 15.0. The summed E-state index contributed by atoms with van der Waals surface area (Å²) in [6, 6.07) is 10.5. The van der Waals surface area contributed by atoms with E-state index in [2.05, 4.69) is 34.9 Å². The summed E-state index contributed by atoms with van der Waals surface area (Å²) in [5.41, 5.74) is 3.03. The summed E-state index contributed by atoms with van der Waals surface area (Å²) in [4.78, 5) is 12.1. The van der Waals surface area contributed by atoms with Gasteiger partial charge in [0.05, 0.1) is 6.42 Å². The van der Waals surface area contributed by atoms with Gasteiger partial charge in [0.25, 0.3) is 0 Å². The molecular weight excluding hydrogens is 262 g/mol. The van der Waals surface area contributed by atoms with Gasteiger partial charge in [0, 0.05) is 23.1 Å². The summed E-state index contributed by atoms with van der Waals surface area (Å²) in [6.45, 7) is 6.67. The molecule has 1 aliphatic rings. The molecular formula is C18H21NO2. The Balaban J connectivity index is 1.89. The number of aryl methyl sites for hydroxylation is 1. The van der Waals surface area contributed by atoms with Gasteiger partial charge in [-0.2, -0.15) is 0 Å². The van der Waals surface area contributed by atoms with E-state index in [-0.39, 0.29) is 5.97 Å². The van der Waals surface area contributed by atoms with Crippen molar-refractivity contribution in [1.82, 2.24) is 4.57 Å². The number of esters is 1. The summed E-state index contributed by atoms with van der Waals surface area (Å²) in [6.07, 6.45) is 3.47. The maximum absolute atomic E-state index is 12.1. The average Bonchev–Trinajstić information content (AvgIpc) is 2.76. The van der Waals surface area contributed by atoms with Crippen LogP contribution in [0.15, 0.2) is 36.4 Å². The third-order valence-electron chi connectivity index (χ3n) is 3.64. The number of ether oxygens (including phenoxy) is 1. The van der Waals surface area contributed by atoms with Crippen molar-refractivity contribution >= 4 is 22.4 Å². The molecule has 0 saturated carbocycles. The molecule has 0 unspecified atom stereocenters. The van der Waals surface area contributed by atoms with Gasteiger partial charge in [0.15, 0.2) is 0 Å². The van der Waals surface area contributed by atoms with Crippen LogP contribution in [0.5, 0.6) is 0 Å². The van der Waals surface area contributed by atoms with E-state index in [4.69, 9.17) is 4.74 Å². The Bertz CT molecular complexity index is 716. The molecule has 2 aromatic rings. The highest BCUT2D eigenvalue weighted by molar-refractivity contribution is 5.91. The van der Waals surface area contributed by atoms with Crippen molar-refractivity contribution in [3.05, 3.63) is 42.1 Å². The smallest absolute Gasteiger partial charge is 0.310 e. The monoisotopic (exact) mass is 283 g/mol. The third kappa shape index (κ3) is 2.87. The Hall–Kier alpha value is -2.03. The number of rotatable bonds is 2. The lowest BCUT2D eigenvalue weighted by Gasteiger charge is -2.22. The Morgan fingerprint density at radius 1 is 1.29 bits per heavy atom. The number of nitrogens with zero attached hydrogens (tertiary/aromatic N) is 1. The topological polar surface area (TPSA) is 31.2 Å². The molecule has 0 amide bonds. The molecule has 2 heterocycles. The molecule has 0 N–H and O–H groups in total. The second-order valence-corrected chi connectivity index (χ2v) is 6.52. The molecule has 0 fully saturated rings. The summed E-state index contributed by atoms with van der Waals surface area (Å²) >= 11 is 0. The Kier molecular flexibility index (Phi) is 3.36. The maximum atomic E-state index is 12.1. The van der Waals surface area contributed by atoms with Crippen molar-refractivity contribution in [1.29, 1.82) is 0 Å². The normalized spacial score (nSPS) is 14.7. The summed E-state index contributed by atoms with van der Waals surface area (Å²) in [5, 5.41) is 1.23. The minimum absolute atomic E-state index is 0.160. The van der Waals surface area contributed by atoms with Crippen molar-refractivity contribution in [3.63, 3.8) is 0 Å². The van der Waals surface area contributed by atoms with E-state index in [1.165, 1.54) is 10.9 Å². The molecule has 0 spiro atoms. The molecule has 1 aromatic carbocycles. The fourth-order valence-corrected chi connectivity index (χ4v) is 2.89. The van der Waals surface area contributed by atoms with Crippen LogP contribution in [0.3, 0.4) is 0 Å². The molecule has 1 aromatic heterocycles. The number of carbonyl (C=O) groups excluding carboxylic acids is 1. The molecule has 21 heavy (non-hydrogen) atoms. The second kappa shape index (κ2) is 5.06. The third-order valence-corrected chi connectivity index (χ3v) is 3.64. The summed E-state index contributed by atoms with van der Waals surface area (Å²) in [5.74, 6) is -0.160. The highest BCUT2D eigenvalue weighted by atomic mass is 16.6. The number of benzene rings is 1. The molecule has 0 bridgehead atoms. The number of hydrogen-bond acceptors (Lipinski definition) is 2. The highest BCUT2D eigenvalue weighted by Crippen LogP contribution is 2.31. The van der Waals surface area contributed by atoms with Gasteiger partial charge in [-0.15, -0.1) is 0 Å². The number of allylic oxidation sites excluding steroid dienone is 1. The predicted molar refractivity (Wildman–Crippen MR) is 85.0 cm³/mol. The molecule has 110 valence electrons. The van der Waals surface area contributed by atoms with Gasteiger partial charge < -0.3 is 9.30 Å². The van der Waals surface area contributed by atoms with Crippen LogP contribution in [-0.4, -0.2) is 16.1 Å². The fraction of sp³-hybridized carbons (Fsp3) is 0.389. The minimum atomic E-state index is -0.432. The molecule has 0 radical (unpaired) electrons. The van der Waals surface area contributed by atoms with Crippen LogP contribution in [0.1, 0.15) is 39.3 Å². The van der Waals surface area contributed by atoms with Gasteiger partial charge in [-0.25, -0.2) is 0 Å². The van der Waals surface area contributed by atoms with Gasteiger partial charge in [0.1, 0.15) is 5.60 Å². The average molecular weight is 283 g/mol. The SMILES string of the molecule is CC(C)(C)OC(=O)CC1=CCCn2c1cc1ccccc12. The van der Waals surface area contributed by atoms with Crippen LogP contribution in [0, 0.1) is 0 Å². The lowest BCUT2D eigenvalue weighted by atomic mass is 10.0. The van der Waals surface area contributed by atoms with Crippen LogP contribution in [0.25, 0.3) is 16.5 Å². The molecule has 3 rings (SSSR count). The van der Waals surface area contributed by atoms with Crippen molar-refractivity contribution in [3.8, 4) is 0 Å². The van der Waals surface area contributed by atoms with E-state index in [0.29, 0.717) is 6.42 Å². The fourth-order valence-electron chi connectivity index (χ4n) is 2.89. The summed E-state index contributed by atoms with van der Waals surface area (Å²) < 4.78 is 7.74. The number of para-hydroxylation sites is 1. The molecule has 0 aliphatic carbocycles. The zero-order valence-corrected chi connectivity index (χ0v) is 12.8. The van der Waals surface area contributed by atoms with E-state index < -0.39 is 5.60 Å². The van der Waals surface area contributed by atoms with Crippen LogP contribution in [-0.2, 0) is 16.1 Å². The molecule has 3 nitrogen and oxygen atoms in total. The molecule has 3 heteroatoms. The lowest BCUT2D eigenvalue weighted by molar-refractivity contribution is -0.153. The van der Waals surface area contributed by atoms with E-state index >= 15 is 0 Å². The van der Waals surface area contributed by atoms with E-state index in [1.54, 1.807) is 0 Å². The number of aromatic nitrogens is 1. The first-order chi connectivity index (χ1) is 9.94. The van der Waals surface area contributed by atoms with Crippen LogP contribution < -0.4 is 0 Å². The van der Waals surface area contributed by atoms with Crippen molar-refractivity contribution in [2.24, 2.45) is 0 Å². The minimum Gasteiger partial charge on any atom is -0.460 e. The molecule has 0 saturated heterocycles. The maximum Gasteiger partial charge on any atom is 0.310 e. The van der Waals surface area contributed by atoms with Gasteiger partial charge in [-0.3, -0.25) is 4.79 Å². The lowest BCUT2D eigenvalue weighted by Crippen LogP contribution is -2.24. The largest absolute Gasteiger partial charge is 0.460 e. The van der Waals surface area contributed by atoms with Gasteiger partial charge in [-0.1, -0.05) is 24.3 Å². The quantitative estimate of drug-likeness (QED) is 0.775. The van der Waals surface area contributed by atoms with Crippen molar-refractivity contribution < 1.29 is 9.53 Å². The van der Waals surface area contributed by atoms with Gasteiger partial charge in [-0.05, 0) is 44.9 Å². The van der Waals surface area contributed by atoms with E-state index in [9.17, 15) is 4.79 Å². The van der Waals surface area contributed by atoms with Crippen LogP contribution in [0.4, 0.5) is 0 Å².